The van der Waals surface area contributed by atoms with Crippen molar-refractivity contribution in [1.29, 1.82) is 0 Å². The van der Waals surface area contributed by atoms with Crippen LogP contribution in [-0.4, -0.2) is 79.6 Å². The highest BCUT2D eigenvalue weighted by Gasteiger charge is 2.68. The second-order valence-corrected chi connectivity index (χ2v) is 33.2. The van der Waals surface area contributed by atoms with Crippen LogP contribution in [-0.2, 0) is 35.4 Å². The molecule has 0 bridgehead atoms. The van der Waals surface area contributed by atoms with E-state index < -0.39 is 56.6 Å². The summed E-state index contributed by atoms with van der Waals surface area (Å²) in [5.41, 5.74) is -2.74. The van der Waals surface area contributed by atoms with Crippen LogP contribution < -0.4 is 0 Å². The second-order valence-electron chi connectivity index (χ2n) is 18.1. The zero-order chi connectivity index (χ0) is 37.6. The van der Waals surface area contributed by atoms with E-state index in [-0.39, 0.29) is 22.9 Å². The number of hydrogen-bond acceptors (Lipinski definition) is 8. The summed E-state index contributed by atoms with van der Waals surface area (Å²) in [7, 11) is -13.2. The summed E-state index contributed by atoms with van der Waals surface area (Å²) >= 11 is 0. The average molecular weight is 753 g/mol. The Morgan fingerprint density at radius 1 is 0.354 bits per heavy atom. The first-order valence-electron chi connectivity index (χ1n) is 19.1. The maximum absolute atomic E-state index is 7.99. The Bertz CT molecular complexity index is 794. The van der Waals surface area contributed by atoms with E-state index in [9.17, 15) is 0 Å². The summed E-state index contributed by atoms with van der Waals surface area (Å²) in [5.74, 6) is 0. The molecule has 0 aromatic heterocycles. The van der Waals surface area contributed by atoms with Crippen molar-refractivity contribution in [2.75, 3.05) is 0 Å². The van der Waals surface area contributed by atoms with Crippen LogP contribution in [0.4, 0.5) is 0 Å². The third kappa shape index (κ3) is 13.5. The molecule has 1 heterocycles. The van der Waals surface area contributed by atoms with Gasteiger partial charge < -0.3 is 35.4 Å². The number of hydrogen-bond donors (Lipinski definition) is 0. The molecule has 288 valence electrons. The molecule has 12 heteroatoms. The molecule has 1 rings (SSSR count). The summed E-state index contributed by atoms with van der Waals surface area (Å²) < 4.78 is 59.5. The fourth-order valence-corrected chi connectivity index (χ4v) is 33.7. The van der Waals surface area contributed by atoms with Crippen LogP contribution in [0.5, 0.6) is 0 Å². The fraction of sp³-hybridized carbons (Fsp3) is 1.00. The highest BCUT2D eigenvalue weighted by molar-refractivity contribution is 6.96. The summed E-state index contributed by atoms with van der Waals surface area (Å²) in [6.07, 6.45) is 3.56. The van der Waals surface area contributed by atoms with Crippen molar-refractivity contribution in [3.8, 4) is 0 Å². The predicted molar refractivity (Wildman–Crippen MR) is 209 cm³/mol. The summed E-state index contributed by atoms with van der Waals surface area (Å²) in [5, 5.41) is 0. The topological polar surface area (TPSA) is 73.8 Å². The monoisotopic (exact) mass is 752 g/mol. The van der Waals surface area contributed by atoms with Crippen LogP contribution >= 0.6 is 0 Å². The van der Waals surface area contributed by atoms with Gasteiger partial charge in [0, 0.05) is 0 Å². The van der Waals surface area contributed by atoms with Crippen LogP contribution in [0.3, 0.4) is 0 Å². The first-order valence-corrected chi connectivity index (χ1v) is 27.5. The van der Waals surface area contributed by atoms with Gasteiger partial charge in [-0.15, -0.1) is 0 Å². The van der Waals surface area contributed by atoms with E-state index in [2.05, 4.69) is 138 Å². The Balaban J connectivity index is 4.46. The average Bonchev–Trinajstić information content (AvgIpc) is 2.84. The molecule has 4 atom stereocenters. The lowest BCUT2D eigenvalue weighted by atomic mass is 10.2. The lowest BCUT2D eigenvalue weighted by Gasteiger charge is -2.58. The minimum atomic E-state index is -3.29. The second kappa shape index (κ2) is 17.6. The quantitative estimate of drug-likeness (QED) is 0.144. The van der Waals surface area contributed by atoms with Gasteiger partial charge in [0.25, 0.3) is 0 Å². The summed E-state index contributed by atoms with van der Waals surface area (Å²) in [4.78, 5) is 0. The van der Waals surface area contributed by atoms with Gasteiger partial charge in [-0.05, 0) is 135 Å². The Morgan fingerprint density at radius 3 is 0.604 bits per heavy atom. The van der Waals surface area contributed by atoms with Gasteiger partial charge >= 0.3 is 34.2 Å². The molecular formula is C36H80O8Si4. The smallest absolute Gasteiger partial charge is 0.350 e. The van der Waals surface area contributed by atoms with E-state index in [4.69, 9.17) is 35.4 Å². The third-order valence-electron chi connectivity index (χ3n) is 8.37. The molecule has 0 amide bonds. The molecule has 8 nitrogen and oxygen atoms in total. The lowest BCUT2D eigenvalue weighted by Crippen LogP contribution is -2.79. The van der Waals surface area contributed by atoms with Crippen molar-refractivity contribution < 1.29 is 35.4 Å². The molecule has 0 aliphatic carbocycles. The highest BCUT2D eigenvalue weighted by atomic mass is 28.5. The van der Waals surface area contributed by atoms with Crippen molar-refractivity contribution in [1.82, 2.24) is 0 Å². The van der Waals surface area contributed by atoms with E-state index in [0.29, 0.717) is 0 Å². The van der Waals surface area contributed by atoms with E-state index in [1.165, 1.54) is 0 Å². The van der Waals surface area contributed by atoms with Gasteiger partial charge in [-0.3, -0.25) is 0 Å². The molecule has 0 saturated carbocycles. The zero-order valence-corrected chi connectivity index (χ0v) is 39.2. The minimum absolute atomic E-state index is 0.288. The van der Waals surface area contributed by atoms with E-state index in [0.717, 1.165) is 49.9 Å². The van der Waals surface area contributed by atoms with E-state index in [1.807, 2.05) is 0 Å². The van der Waals surface area contributed by atoms with Crippen molar-refractivity contribution >= 4 is 34.2 Å². The molecule has 1 aliphatic heterocycles. The van der Waals surface area contributed by atoms with Crippen molar-refractivity contribution in [3.05, 3.63) is 0 Å². The van der Waals surface area contributed by atoms with Gasteiger partial charge in [0.2, 0.25) is 0 Å². The number of ether oxygens (including phenoxy) is 4. The summed E-state index contributed by atoms with van der Waals surface area (Å²) in [6, 6.07) is 3.03. The van der Waals surface area contributed by atoms with Gasteiger partial charge in [-0.1, -0.05) is 53.4 Å². The van der Waals surface area contributed by atoms with Crippen molar-refractivity contribution in [2.45, 2.75) is 234 Å². The molecular weight excluding hydrogens is 673 g/mol. The van der Waals surface area contributed by atoms with E-state index in [1.54, 1.807) is 0 Å². The Kier molecular flexibility index (Phi) is 17.1. The molecule has 0 aromatic rings. The zero-order valence-electron chi connectivity index (χ0n) is 35.2. The van der Waals surface area contributed by atoms with Crippen LogP contribution in [0.25, 0.3) is 0 Å². The van der Waals surface area contributed by atoms with Crippen LogP contribution in [0, 0.1) is 0 Å². The molecule has 4 unspecified atom stereocenters. The molecule has 0 N–H and O–H groups in total. The fourth-order valence-electron chi connectivity index (χ4n) is 7.01. The Labute approximate surface area is 302 Å². The molecule has 48 heavy (non-hydrogen) atoms. The molecule has 1 aliphatic rings. The van der Waals surface area contributed by atoms with Crippen LogP contribution in [0.2, 0.25) is 24.2 Å². The molecule has 0 aromatic carbocycles. The summed E-state index contributed by atoms with van der Waals surface area (Å²) in [6.45, 7) is 42.9. The van der Waals surface area contributed by atoms with E-state index >= 15 is 0 Å². The minimum Gasteiger partial charge on any atom is -0.412 e. The number of rotatable bonds is 16. The SMILES string of the molecule is CCC[Si]1(C(C)OC(C)(C)C)O[Si](CCC)(C(C)OC(C)(C)C)O[Si](CCC)(C(C)OC(C)(C)C)O[Si](CCC)(C(C)OC(C)(C)C)O1. The Morgan fingerprint density at radius 2 is 0.500 bits per heavy atom. The highest BCUT2D eigenvalue weighted by Crippen LogP contribution is 2.46. The maximum Gasteiger partial charge on any atom is 0.350 e. The molecule has 0 spiro atoms. The Hall–Kier alpha value is 0.548. The first kappa shape index (κ1) is 46.6. The maximum atomic E-state index is 7.99. The van der Waals surface area contributed by atoms with Gasteiger partial charge in [0.15, 0.2) is 0 Å². The first-order chi connectivity index (χ1) is 21.6. The third-order valence-corrected chi connectivity index (χ3v) is 29.6. The lowest BCUT2D eigenvalue weighted by molar-refractivity contribution is -0.0617. The van der Waals surface area contributed by atoms with Gasteiger partial charge in [0.05, 0.1) is 45.3 Å². The normalized spacial score (nSPS) is 30.8. The van der Waals surface area contributed by atoms with Crippen molar-refractivity contribution in [2.24, 2.45) is 0 Å². The molecule has 1 saturated heterocycles. The van der Waals surface area contributed by atoms with Crippen molar-refractivity contribution in [3.63, 3.8) is 0 Å². The van der Waals surface area contributed by atoms with Crippen LogP contribution in [0.15, 0.2) is 0 Å². The largest absolute Gasteiger partial charge is 0.412 e. The standard InChI is InChI=1S/C36H80O8Si4/c1-21-25-45(29(5)37-33(9,10)11)41-46(26-22-2,30(6)38-34(12,13)14)43-48(28-24-4,32(8)40-36(18,19)20)44-47(42-45,27-23-3)31(7)39-35(15,16)17/h29-32H,21-28H2,1-20H3. The predicted octanol–water partition coefficient (Wildman–Crippen LogP) is 10.4. The van der Waals surface area contributed by atoms with Gasteiger partial charge in [-0.2, -0.15) is 0 Å². The van der Waals surface area contributed by atoms with Gasteiger partial charge in [-0.25, -0.2) is 0 Å². The molecule has 1 fully saturated rings. The molecule has 0 radical (unpaired) electrons. The van der Waals surface area contributed by atoms with Gasteiger partial charge in [0.1, 0.15) is 0 Å². The van der Waals surface area contributed by atoms with Crippen LogP contribution in [0.1, 0.15) is 164 Å².